The van der Waals surface area contributed by atoms with E-state index in [1.165, 1.54) is 16.0 Å². The summed E-state index contributed by atoms with van der Waals surface area (Å²) in [5.74, 6) is 0.748. The quantitative estimate of drug-likeness (QED) is 0.600. The normalized spacial score (nSPS) is 21.1. The van der Waals surface area contributed by atoms with Gasteiger partial charge in [0.05, 0.1) is 22.9 Å². The van der Waals surface area contributed by atoms with Gasteiger partial charge in [-0.3, -0.25) is 24.0 Å². The molecule has 5 rings (SSSR count). The SMILES string of the molecule is Cc1nc(Cn2nc3n(c(=O)c2=O)CC[C@@]32CCN(Cc3ccccn3)C2)cs1. The number of aryl methyl sites for hydroxylation is 1. The van der Waals surface area contributed by atoms with Crippen molar-refractivity contribution < 1.29 is 0 Å². The van der Waals surface area contributed by atoms with E-state index in [0.29, 0.717) is 6.54 Å². The van der Waals surface area contributed by atoms with Crippen LogP contribution in [0.3, 0.4) is 0 Å². The topological polar surface area (TPSA) is 85.9 Å². The van der Waals surface area contributed by atoms with Gasteiger partial charge in [-0.15, -0.1) is 11.3 Å². The summed E-state index contributed by atoms with van der Waals surface area (Å²) in [6.07, 6.45) is 3.58. The molecule has 0 amide bonds. The molecule has 29 heavy (non-hydrogen) atoms. The lowest BCUT2D eigenvalue weighted by Gasteiger charge is -2.23. The average molecular weight is 411 g/mol. The van der Waals surface area contributed by atoms with E-state index in [-0.39, 0.29) is 12.0 Å². The number of likely N-dealkylation sites (tertiary alicyclic amines) is 1. The van der Waals surface area contributed by atoms with Crippen LogP contribution in [0.5, 0.6) is 0 Å². The average Bonchev–Trinajstić information content (AvgIpc) is 3.41. The van der Waals surface area contributed by atoms with E-state index in [2.05, 4.69) is 20.0 Å². The first-order chi connectivity index (χ1) is 14.0. The number of nitrogens with zero attached hydrogens (tertiary/aromatic N) is 6. The summed E-state index contributed by atoms with van der Waals surface area (Å²) < 4.78 is 2.90. The number of pyridine rings is 1. The zero-order valence-corrected chi connectivity index (χ0v) is 17.1. The molecular formula is C20H22N6O2S. The van der Waals surface area contributed by atoms with Gasteiger partial charge in [0.15, 0.2) is 0 Å². The van der Waals surface area contributed by atoms with Crippen LogP contribution in [0.4, 0.5) is 0 Å². The number of hydrogen-bond donors (Lipinski definition) is 0. The van der Waals surface area contributed by atoms with Crippen molar-refractivity contribution in [1.82, 2.24) is 29.2 Å². The van der Waals surface area contributed by atoms with Gasteiger partial charge in [0, 0.05) is 36.6 Å². The summed E-state index contributed by atoms with van der Waals surface area (Å²) >= 11 is 1.53. The van der Waals surface area contributed by atoms with Crippen LogP contribution in [0.2, 0.25) is 0 Å². The lowest BCUT2D eigenvalue weighted by Crippen LogP contribution is -2.45. The van der Waals surface area contributed by atoms with Gasteiger partial charge in [-0.2, -0.15) is 5.10 Å². The number of fused-ring (bicyclic) bond motifs is 2. The van der Waals surface area contributed by atoms with Crippen LogP contribution >= 0.6 is 11.3 Å². The summed E-state index contributed by atoms with van der Waals surface area (Å²) in [5.41, 5.74) is 0.585. The molecule has 3 aromatic rings. The van der Waals surface area contributed by atoms with E-state index in [9.17, 15) is 9.59 Å². The Morgan fingerprint density at radius 2 is 1.97 bits per heavy atom. The molecule has 0 aliphatic carbocycles. The first-order valence-electron chi connectivity index (χ1n) is 9.80. The van der Waals surface area contributed by atoms with Crippen LogP contribution in [0.1, 0.15) is 35.1 Å². The largest absolute Gasteiger partial charge is 0.332 e. The van der Waals surface area contributed by atoms with Crippen LogP contribution in [-0.4, -0.2) is 42.3 Å². The summed E-state index contributed by atoms with van der Waals surface area (Å²) in [6, 6.07) is 5.95. The molecule has 0 bridgehead atoms. The molecule has 2 aliphatic heterocycles. The molecule has 9 heteroatoms. The van der Waals surface area contributed by atoms with Crippen molar-refractivity contribution in [3.8, 4) is 0 Å². The molecule has 1 fully saturated rings. The molecule has 3 aromatic heterocycles. The molecule has 0 N–H and O–H groups in total. The van der Waals surface area contributed by atoms with Crippen molar-refractivity contribution in [2.75, 3.05) is 13.1 Å². The molecular weight excluding hydrogens is 388 g/mol. The Balaban J connectivity index is 1.46. The molecule has 1 spiro atoms. The molecule has 0 unspecified atom stereocenters. The maximum Gasteiger partial charge on any atom is 0.332 e. The Kier molecular flexibility index (Phi) is 4.44. The van der Waals surface area contributed by atoms with Gasteiger partial charge in [0.1, 0.15) is 5.82 Å². The standard InChI is InChI=1S/C20H22N6O2S/c1-14-22-16(12-29-14)11-26-18(28)17(27)25-9-6-20(19(25)23-26)5-8-24(13-20)10-15-4-2-3-7-21-15/h2-4,7,12H,5-6,8-11,13H2,1H3/t20-/m1/s1. The molecule has 2 aliphatic rings. The van der Waals surface area contributed by atoms with Gasteiger partial charge < -0.3 is 0 Å². The van der Waals surface area contributed by atoms with Gasteiger partial charge in [-0.1, -0.05) is 6.07 Å². The van der Waals surface area contributed by atoms with E-state index in [0.717, 1.165) is 54.7 Å². The van der Waals surface area contributed by atoms with Crippen LogP contribution in [0.25, 0.3) is 0 Å². The summed E-state index contributed by atoms with van der Waals surface area (Å²) in [7, 11) is 0. The fraction of sp³-hybridized carbons (Fsp3) is 0.450. The Labute approximate surface area is 171 Å². The highest BCUT2D eigenvalue weighted by molar-refractivity contribution is 7.09. The van der Waals surface area contributed by atoms with E-state index < -0.39 is 11.1 Å². The van der Waals surface area contributed by atoms with Gasteiger partial charge in [-0.05, 0) is 38.4 Å². The first kappa shape index (κ1) is 18.4. The predicted octanol–water partition coefficient (Wildman–Crippen LogP) is 1.16. The van der Waals surface area contributed by atoms with Crippen molar-refractivity contribution in [2.45, 2.75) is 44.8 Å². The van der Waals surface area contributed by atoms with Crippen molar-refractivity contribution >= 4 is 11.3 Å². The van der Waals surface area contributed by atoms with Crippen LogP contribution in [0, 0.1) is 6.92 Å². The minimum atomic E-state index is -0.570. The minimum absolute atomic E-state index is 0.179. The number of hydrogen-bond acceptors (Lipinski definition) is 7. The fourth-order valence-electron chi connectivity index (χ4n) is 4.52. The molecule has 0 aromatic carbocycles. The second-order valence-corrected chi connectivity index (χ2v) is 8.98. The number of aromatic nitrogens is 5. The van der Waals surface area contributed by atoms with E-state index >= 15 is 0 Å². The molecule has 1 saturated heterocycles. The number of rotatable bonds is 4. The van der Waals surface area contributed by atoms with Gasteiger partial charge >= 0.3 is 11.1 Å². The lowest BCUT2D eigenvalue weighted by atomic mass is 9.85. The molecule has 1 atom stereocenters. The molecule has 8 nitrogen and oxygen atoms in total. The van der Waals surface area contributed by atoms with Crippen molar-refractivity contribution in [2.24, 2.45) is 0 Å². The molecule has 0 radical (unpaired) electrons. The highest BCUT2D eigenvalue weighted by Crippen LogP contribution is 2.40. The molecule has 150 valence electrons. The van der Waals surface area contributed by atoms with E-state index in [1.807, 2.05) is 36.7 Å². The third kappa shape index (κ3) is 3.24. The number of thiazole rings is 1. The Hall–Kier alpha value is -2.65. The maximum absolute atomic E-state index is 12.7. The Morgan fingerprint density at radius 3 is 2.72 bits per heavy atom. The van der Waals surface area contributed by atoms with Gasteiger partial charge in [0.25, 0.3) is 0 Å². The van der Waals surface area contributed by atoms with E-state index in [4.69, 9.17) is 0 Å². The lowest BCUT2D eigenvalue weighted by molar-refractivity contribution is 0.294. The third-order valence-corrected chi connectivity index (χ3v) is 6.77. The highest BCUT2D eigenvalue weighted by Gasteiger charge is 2.47. The summed E-state index contributed by atoms with van der Waals surface area (Å²) in [6.45, 7) is 5.25. The second-order valence-electron chi connectivity index (χ2n) is 7.91. The second kappa shape index (κ2) is 7.00. The smallest absolute Gasteiger partial charge is 0.296 e. The summed E-state index contributed by atoms with van der Waals surface area (Å²) in [5, 5.41) is 7.53. The van der Waals surface area contributed by atoms with Gasteiger partial charge in [-0.25, -0.2) is 9.67 Å². The fourth-order valence-corrected chi connectivity index (χ4v) is 5.12. The Morgan fingerprint density at radius 1 is 1.10 bits per heavy atom. The zero-order chi connectivity index (χ0) is 20.0. The monoisotopic (exact) mass is 410 g/mol. The maximum atomic E-state index is 12.7. The van der Waals surface area contributed by atoms with Gasteiger partial charge in [0.2, 0.25) is 0 Å². The minimum Gasteiger partial charge on any atom is -0.296 e. The highest BCUT2D eigenvalue weighted by atomic mass is 32.1. The molecule has 5 heterocycles. The first-order valence-corrected chi connectivity index (χ1v) is 10.7. The van der Waals surface area contributed by atoms with Crippen molar-refractivity contribution in [3.05, 3.63) is 72.7 Å². The zero-order valence-electron chi connectivity index (χ0n) is 16.2. The van der Waals surface area contributed by atoms with Crippen molar-refractivity contribution in [3.63, 3.8) is 0 Å². The van der Waals surface area contributed by atoms with Crippen molar-refractivity contribution in [1.29, 1.82) is 0 Å². The van der Waals surface area contributed by atoms with Crippen LogP contribution in [-0.2, 0) is 25.0 Å². The van der Waals surface area contributed by atoms with Crippen LogP contribution in [0.15, 0.2) is 39.4 Å². The summed E-state index contributed by atoms with van der Waals surface area (Å²) in [4.78, 5) is 36.5. The molecule has 0 saturated carbocycles. The van der Waals surface area contributed by atoms with Crippen LogP contribution < -0.4 is 11.1 Å². The van der Waals surface area contributed by atoms with E-state index in [1.54, 1.807) is 4.57 Å². The predicted molar refractivity (Wildman–Crippen MR) is 109 cm³/mol. The Bertz CT molecular complexity index is 1170. The third-order valence-electron chi connectivity index (χ3n) is 5.94.